The van der Waals surface area contributed by atoms with E-state index in [1.807, 2.05) is 50.5 Å². The monoisotopic (exact) mass is 828 g/mol. The number of nitrogens with zero attached hydrogens (tertiary/aromatic N) is 3. The first-order valence-corrected chi connectivity index (χ1v) is 23.4. The minimum Gasteiger partial charge on any atom is -0.457 e. The van der Waals surface area contributed by atoms with E-state index in [0.29, 0.717) is 38.8 Å². The SMILES string of the molecule is CN(C)c1ccc(OC2=C(C=CC3=[N+](CCCCS(=O)(=O)O)c4ccccc4C3(C)C)CCCC2=CC=C2N(CCCCS(=O)(=O)O)c3ccccc3C2(C)C)cc1. The summed E-state index contributed by atoms with van der Waals surface area (Å²) in [4.78, 5) is 4.34. The molecule has 0 aromatic heterocycles. The lowest BCUT2D eigenvalue weighted by Crippen LogP contribution is -2.28. The normalized spacial score (nSPS) is 19.1. The van der Waals surface area contributed by atoms with Gasteiger partial charge in [-0.3, -0.25) is 9.11 Å². The first-order chi connectivity index (χ1) is 27.4. The van der Waals surface area contributed by atoms with Crippen molar-refractivity contribution in [1.82, 2.24) is 0 Å². The van der Waals surface area contributed by atoms with Crippen molar-refractivity contribution in [2.24, 2.45) is 0 Å². The van der Waals surface area contributed by atoms with Crippen molar-refractivity contribution < 1.29 is 35.3 Å². The van der Waals surface area contributed by atoms with Crippen molar-refractivity contribution in [3.05, 3.63) is 131 Å². The number of hydrogen-bond donors (Lipinski definition) is 2. The van der Waals surface area contributed by atoms with Crippen LogP contribution in [0.25, 0.3) is 0 Å². The van der Waals surface area contributed by atoms with Gasteiger partial charge in [-0.2, -0.15) is 21.4 Å². The summed E-state index contributed by atoms with van der Waals surface area (Å²) in [6, 6.07) is 24.8. The van der Waals surface area contributed by atoms with Crippen molar-refractivity contribution >= 4 is 43.0 Å². The maximum atomic E-state index is 11.5. The van der Waals surface area contributed by atoms with Gasteiger partial charge < -0.3 is 14.5 Å². The molecule has 3 aromatic carbocycles. The van der Waals surface area contributed by atoms with Crippen LogP contribution in [0.4, 0.5) is 17.1 Å². The maximum Gasteiger partial charge on any atom is 0.264 e. The first kappa shape index (κ1) is 43.1. The van der Waals surface area contributed by atoms with Gasteiger partial charge in [-0.15, -0.1) is 0 Å². The summed E-state index contributed by atoms with van der Waals surface area (Å²) in [6.45, 7) is 10.1. The first-order valence-electron chi connectivity index (χ1n) is 20.2. The Morgan fingerprint density at radius 2 is 1.40 bits per heavy atom. The molecule has 0 saturated heterocycles. The molecule has 2 heterocycles. The van der Waals surface area contributed by atoms with E-state index in [4.69, 9.17) is 4.74 Å². The second kappa shape index (κ2) is 17.4. The molecule has 1 aliphatic carbocycles. The predicted octanol–water partition coefficient (Wildman–Crippen LogP) is 9.15. The molecule has 3 aliphatic rings. The molecule has 3 aromatic rings. The zero-order valence-electron chi connectivity index (χ0n) is 34.6. The molecule has 0 atom stereocenters. The lowest BCUT2D eigenvalue weighted by Gasteiger charge is -2.27. The van der Waals surface area contributed by atoms with Gasteiger partial charge in [0.25, 0.3) is 20.2 Å². The van der Waals surface area contributed by atoms with Gasteiger partial charge in [-0.1, -0.05) is 56.3 Å². The Morgan fingerprint density at radius 1 is 0.759 bits per heavy atom. The number of fused-ring (bicyclic) bond motifs is 2. The molecule has 310 valence electrons. The summed E-state index contributed by atoms with van der Waals surface area (Å²) in [5.41, 5.74) is 9.42. The molecule has 2 aliphatic heterocycles. The Kier molecular flexibility index (Phi) is 12.9. The van der Waals surface area contributed by atoms with Gasteiger partial charge in [0.2, 0.25) is 5.69 Å². The van der Waals surface area contributed by atoms with Crippen molar-refractivity contribution in [2.45, 2.75) is 83.5 Å². The van der Waals surface area contributed by atoms with Gasteiger partial charge in [-0.05, 0) is 112 Å². The number of ether oxygens (including phenoxy) is 1. The number of rotatable bonds is 16. The highest BCUT2D eigenvalue weighted by molar-refractivity contribution is 7.86. The number of benzene rings is 3. The van der Waals surface area contributed by atoms with Gasteiger partial charge in [-0.25, -0.2) is 0 Å². The highest BCUT2D eigenvalue weighted by Gasteiger charge is 2.44. The van der Waals surface area contributed by atoms with Gasteiger partial charge in [0.1, 0.15) is 18.1 Å². The van der Waals surface area contributed by atoms with Gasteiger partial charge in [0.05, 0.1) is 16.9 Å². The van der Waals surface area contributed by atoms with Crippen LogP contribution in [0.15, 0.2) is 120 Å². The molecule has 0 fully saturated rings. The van der Waals surface area contributed by atoms with Crippen LogP contribution in [-0.2, 0) is 31.1 Å². The average Bonchev–Trinajstić information content (AvgIpc) is 3.51. The quantitative estimate of drug-likeness (QED) is 0.0826. The topological polar surface area (TPSA) is 127 Å². The lowest BCUT2D eigenvalue weighted by molar-refractivity contribution is -0.438. The zero-order chi connectivity index (χ0) is 41.9. The second-order valence-corrected chi connectivity index (χ2v) is 19.9. The van der Waals surface area contributed by atoms with Crippen molar-refractivity contribution in [3.63, 3.8) is 0 Å². The zero-order valence-corrected chi connectivity index (χ0v) is 36.2. The fourth-order valence-corrected chi connectivity index (χ4v) is 9.65. The molecular weight excluding hydrogens is 771 g/mol. The van der Waals surface area contributed by atoms with Crippen LogP contribution >= 0.6 is 0 Å². The van der Waals surface area contributed by atoms with E-state index in [0.717, 1.165) is 70.4 Å². The molecule has 0 spiro atoms. The number of anilines is 2. The molecule has 12 heteroatoms. The molecule has 6 rings (SSSR count). The van der Waals surface area contributed by atoms with Crippen LogP contribution in [0, 0.1) is 0 Å². The van der Waals surface area contributed by atoms with Crippen molar-refractivity contribution in [1.29, 1.82) is 0 Å². The summed E-state index contributed by atoms with van der Waals surface area (Å²) >= 11 is 0. The van der Waals surface area contributed by atoms with E-state index in [1.54, 1.807) is 0 Å². The summed E-state index contributed by atoms with van der Waals surface area (Å²) in [5, 5.41) is 0. The Labute approximate surface area is 345 Å². The van der Waals surface area contributed by atoms with Crippen molar-refractivity contribution in [2.75, 3.05) is 48.5 Å². The lowest BCUT2D eigenvalue weighted by atomic mass is 9.81. The highest BCUT2D eigenvalue weighted by atomic mass is 32.2. The molecule has 0 radical (unpaired) electrons. The largest absolute Gasteiger partial charge is 0.457 e. The third-order valence-corrected chi connectivity index (χ3v) is 13.2. The van der Waals surface area contributed by atoms with Crippen LogP contribution in [0.3, 0.4) is 0 Å². The minimum absolute atomic E-state index is 0.263. The summed E-state index contributed by atoms with van der Waals surface area (Å²) in [5.74, 6) is 1.03. The Balaban J connectivity index is 1.41. The predicted molar refractivity (Wildman–Crippen MR) is 235 cm³/mol. The van der Waals surface area contributed by atoms with Gasteiger partial charge in [0, 0.05) is 67.3 Å². The number of hydrogen-bond acceptors (Lipinski definition) is 7. The van der Waals surface area contributed by atoms with Crippen molar-refractivity contribution in [3.8, 4) is 5.75 Å². The van der Waals surface area contributed by atoms with E-state index >= 15 is 0 Å². The minimum atomic E-state index is -4.03. The Bertz CT molecular complexity index is 2390. The highest BCUT2D eigenvalue weighted by Crippen LogP contribution is 2.48. The number of allylic oxidation sites excluding steroid dienone is 7. The second-order valence-electron chi connectivity index (χ2n) is 16.7. The molecule has 0 saturated carbocycles. The Morgan fingerprint density at radius 3 is 2.07 bits per heavy atom. The molecule has 0 amide bonds. The van der Waals surface area contributed by atoms with E-state index < -0.39 is 20.2 Å². The van der Waals surface area contributed by atoms with Gasteiger partial charge in [0.15, 0.2) is 5.71 Å². The van der Waals surface area contributed by atoms with Crippen LogP contribution in [0.2, 0.25) is 0 Å². The van der Waals surface area contributed by atoms with Crippen LogP contribution in [0.5, 0.6) is 5.75 Å². The average molecular weight is 829 g/mol. The summed E-state index contributed by atoms with van der Waals surface area (Å²) in [6.07, 6.45) is 13.3. The number of para-hydroxylation sites is 2. The Hall–Kier alpha value is -4.49. The standard InChI is InChI=1S/C46H57N3O7S2/c1-45(2)38-18-7-9-20-40(38)48(30-11-13-32-57(50,51)52)42(45)28-22-34-16-15-17-35(44(34)56-37-26-24-36(25-27-37)47(5)6)23-29-43-46(3,4)39-19-8-10-21-41(39)49(43)31-12-14-33-58(53,54)55/h7-10,18-29H,11-17,30-33H2,1-6H3,(H-,50,51,52,53,54,55)/p+1. The number of unbranched alkanes of at least 4 members (excludes halogenated alkanes) is 2. The summed E-state index contributed by atoms with van der Waals surface area (Å²) < 4.78 is 73.8. The van der Waals surface area contributed by atoms with E-state index in [-0.39, 0.29) is 22.3 Å². The molecular formula is C46H58N3O7S2+. The molecule has 0 bridgehead atoms. The smallest absolute Gasteiger partial charge is 0.264 e. The fraction of sp³-hybridized carbons (Fsp3) is 0.413. The van der Waals surface area contributed by atoms with E-state index in [2.05, 4.69) is 103 Å². The van der Waals surface area contributed by atoms with Crippen LogP contribution in [0.1, 0.15) is 83.8 Å². The third-order valence-electron chi connectivity index (χ3n) is 11.6. The fourth-order valence-electron chi connectivity index (χ4n) is 8.51. The maximum absolute atomic E-state index is 11.5. The third kappa shape index (κ3) is 9.85. The van der Waals surface area contributed by atoms with E-state index in [1.165, 1.54) is 11.1 Å². The molecule has 58 heavy (non-hydrogen) atoms. The van der Waals surface area contributed by atoms with Gasteiger partial charge >= 0.3 is 0 Å². The molecule has 10 nitrogen and oxygen atoms in total. The molecule has 2 N–H and O–H groups in total. The van der Waals surface area contributed by atoms with E-state index in [9.17, 15) is 25.9 Å². The summed E-state index contributed by atoms with van der Waals surface area (Å²) in [7, 11) is -4.04. The van der Waals surface area contributed by atoms with Crippen LogP contribution < -0.4 is 14.5 Å². The molecule has 0 unspecified atom stereocenters. The van der Waals surface area contributed by atoms with Crippen LogP contribution in [-0.4, -0.2) is 74.9 Å².